The molecule has 2 aliphatic carbocycles. The predicted octanol–water partition coefficient (Wildman–Crippen LogP) is 0.103. The number of allylic oxidation sites excluding steroid dienone is 4. The Morgan fingerprint density at radius 3 is 1.38 bits per heavy atom. The van der Waals surface area contributed by atoms with E-state index in [-0.39, 0.29) is 24.8 Å². The van der Waals surface area contributed by atoms with Crippen LogP contribution in [0.5, 0.6) is 0 Å². The molecule has 4 heteroatoms. The average Bonchev–Trinajstić information content (AvgIpc) is 3.51. The maximum atomic E-state index is 2.52. The summed E-state index contributed by atoms with van der Waals surface area (Å²) in [7, 11) is 0. The van der Waals surface area contributed by atoms with E-state index in [1.807, 2.05) is 0 Å². The van der Waals surface area contributed by atoms with E-state index in [9.17, 15) is 0 Å². The van der Waals surface area contributed by atoms with Crippen molar-refractivity contribution in [2.75, 3.05) is 0 Å². The Bertz CT molecular complexity index is 1280. The van der Waals surface area contributed by atoms with Gasteiger partial charge in [-0.1, -0.05) is 0 Å². The van der Waals surface area contributed by atoms with Gasteiger partial charge in [-0.25, -0.2) is 0 Å². The maximum Gasteiger partial charge on any atom is -1.00 e. The quantitative estimate of drug-likeness (QED) is 0.273. The van der Waals surface area contributed by atoms with Gasteiger partial charge in [0.2, 0.25) is 0 Å². The van der Waals surface area contributed by atoms with Crippen molar-refractivity contribution in [3.63, 3.8) is 0 Å². The summed E-state index contributed by atoms with van der Waals surface area (Å²) in [5.41, 5.74) is 5.21. The van der Waals surface area contributed by atoms with Crippen molar-refractivity contribution >= 4 is 15.9 Å². The maximum absolute atomic E-state index is 2.52. The van der Waals surface area contributed by atoms with E-state index in [0.29, 0.717) is 7.35 Å². The molecule has 0 saturated heterocycles. The molecule has 34 heavy (non-hydrogen) atoms. The molecule has 0 nitrogen and oxygen atoms in total. The van der Waals surface area contributed by atoms with Crippen LogP contribution in [0.4, 0.5) is 0 Å². The predicted molar refractivity (Wildman–Crippen MR) is 134 cm³/mol. The van der Waals surface area contributed by atoms with Crippen LogP contribution in [0.3, 0.4) is 0 Å². The second kappa shape index (κ2) is 11.2. The molecule has 6 rings (SSSR count). The molecule has 0 heterocycles. The van der Waals surface area contributed by atoms with Gasteiger partial charge < -0.3 is 24.8 Å². The molecule has 2 aliphatic rings. The van der Waals surface area contributed by atoms with Crippen LogP contribution in [0.1, 0.15) is 14.8 Å². The van der Waals surface area contributed by atoms with Gasteiger partial charge in [0.25, 0.3) is 0 Å². The molecule has 0 fully saturated rings. The summed E-state index contributed by atoms with van der Waals surface area (Å²) < 4.78 is 1.23. The van der Waals surface area contributed by atoms with Crippen molar-refractivity contribution < 1.29 is 44.9 Å². The van der Waals surface area contributed by atoms with Crippen molar-refractivity contribution in [3.05, 3.63) is 145 Å². The average molecular weight is 662 g/mol. The molecule has 0 aromatic heterocycles. The Kier molecular flexibility index (Phi) is 8.26. The van der Waals surface area contributed by atoms with E-state index in [1.54, 1.807) is 21.5 Å². The molecule has 0 bridgehead atoms. The molecular weight excluding hydrogens is 638 g/mol. The minimum absolute atomic E-state index is 0. The minimum atomic E-state index is -2.48. The van der Waals surface area contributed by atoms with Crippen molar-refractivity contribution in [3.8, 4) is 11.1 Å². The van der Waals surface area contributed by atoms with Gasteiger partial charge >= 0.3 is 199 Å². The molecule has 0 amide bonds. The first-order valence-corrected chi connectivity index (χ1v) is 22.3. The Morgan fingerprint density at radius 1 is 0.500 bits per heavy atom. The fourth-order valence-corrected chi connectivity index (χ4v) is 37.5. The van der Waals surface area contributed by atoms with Crippen molar-refractivity contribution in [1.29, 1.82) is 0 Å². The number of halogens is 2. The van der Waals surface area contributed by atoms with Crippen LogP contribution in [0.15, 0.2) is 133 Å². The molecule has 0 N–H and O–H groups in total. The van der Waals surface area contributed by atoms with Crippen LogP contribution >= 0.6 is 0 Å². The van der Waals surface area contributed by atoms with Gasteiger partial charge in [0.05, 0.1) is 0 Å². The van der Waals surface area contributed by atoms with Gasteiger partial charge in [0.1, 0.15) is 0 Å². The van der Waals surface area contributed by atoms with E-state index in [4.69, 9.17) is 0 Å². The molecule has 4 aromatic rings. The molecule has 0 atom stereocenters. The number of fused-ring (bicyclic) bond motifs is 3. The fraction of sp³-hybridized carbons (Fsp3) is 0.0667. The third-order valence-electron chi connectivity index (χ3n) is 6.67. The third kappa shape index (κ3) is 4.49. The molecular formula is C30H24Cl2HfSi. The van der Waals surface area contributed by atoms with Crippen LogP contribution in [0.2, 0.25) is 3.67 Å². The van der Waals surface area contributed by atoms with Crippen LogP contribution in [-0.2, 0) is 20.1 Å². The first-order valence-electron chi connectivity index (χ1n) is 11.3. The summed E-state index contributed by atoms with van der Waals surface area (Å²) in [6.45, 7) is 0. The van der Waals surface area contributed by atoms with E-state index >= 15 is 0 Å². The molecule has 0 aliphatic heterocycles. The monoisotopic (exact) mass is 662 g/mol. The smallest absolute Gasteiger partial charge is 1.00 e. The number of rotatable bonds is 4. The van der Waals surface area contributed by atoms with E-state index < -0.39 is 25.6 Å². The van der Waals surface area contributed by atoms with E-state index in [2.05, 4.69) is 133 Å². The first-order chi connectivity index (χ1) is 15.9. The van der Waals surface area contributed by atoms with Gasteiger partial charge in [-0.15, -0.1) is 0 Å². The zero-order chi connectivity index (χ0) is 21.3. The first kappa shape index (κ1) is 25.1. The van der Waals surface area contributed by atoms with Crippen LogP contribution in [0.25, 0.3) is 11.1 Å². The SMILES string of the molecule is C1=C[CH]([Hf+2]([CH]2c3ccccc3-c3ccccc32)=[Si](c2ccccc2)c2ccccc2)C=C1.[Cl-].[Cl-]. The second-order valence-corrected chi connectivity index (χ2v) is 28.2. The standard InChI is InChI=1S/C13H9.C12H10Si.C5H5.2ClH.Hf/c1-3-7-12-10(5-1)9-11-6-2-4-8-13(11)12;1-3-7-11(8-4-1)13-12-9-5-2-6-10-12;1-2-4-5-3-1;;;/h1-9H;1-10H;1-5H;2*1H;/q;;;;;+2/p-2. The topological polar surface area (TPSA) is 0 Å². The van der Waals surface area contributed by atoms with Gasteiger partial charge in [-0.2, -0.15) is 0 Å². The van der Waals surface area contributed by atoms with Gasteiger partial charge in [0, 0.05) is 0 Å². The number of hydrogen-bond donors (Lipinski definition) is 0. The van der Waals surface area contributed by atoms with Crippen molar-refractivity contribution in [2.24, 2.45) is 0 Å². The summed E-state index contributed by atoms with van der Waals surface area (Å²) in [5, 5.41) is 3.17. The fourth-order valence-electron chi connectivity index (χ4n) is 5.34. The van der Waals surface area contributed by atoms with E-state index in [1.165, 1.54) is 11.1 Å². The van der Waals surface area contributed by atoms with Crippen LogP contribution in [-0.4, -0.2) is 5.49 Å². The number of benzene rings is 4. The van der Waals surface area contributed by atoms with Gasteiger partial charge in [-0.05, 0) is 0 Å². The van der Waals surface area contributed by atoms with Crippen molar-refractivity contribution in [1.82, 2.24) is 0 Å². The van der Waals surface area contributed by atoms with Crippen LogP contribution in [0, 0.1) is 0 Å². The zero-order valence-electron chi connectivity index (χ0n) is 18.6. The van der Waals surface area contributed by atoms with Gasteiger partial charge in [0.15, 0.2) is 0 Å². The Hall–Kier alpha value is -1.97. The third-order valence-corrected chi connectivity index (χ3v) is 35.0. The molecule has 166 valence electrons. The normalized spacial score (nSPS) is 13.3. The van der Waals surface area contributed by atoms with Crippen LogP contribution < -0.4 is 35.2 Å². The second-order valence-electron chi connectivity index (χ2n) is 8.47. The summed E-state index contributed by atoms with van der Waals surface area (Å²) in [4.78, 5) is 0. The summed E-state index contributed by atoms with van der Waals surface area (Å²) in [6, 6.07) is 41.3. The van der Waals surface area contributed by atoms with E-state index in [0.717, 1.165) is 0 Å². The summed E-state index contributed by atoms with van der Waals surface area (Å²) in [6.07, 6.45) is 9.61. The molecule has 0 saturated carbocycles. The zero-order valence-corrected chi connectivity index (χ0v) is 24.7. The molecule has 0 spiro atoms. The Labute approximate surface area is 222 Å². The molecule has 0 radical (unpaired) electrons. The minimum Gasteiger partial charge on any atom is -1.00 e. The molecule has 0 unspecified atom stereocenters. The summed E-state index contributed by atoms with van der Waals surface area (Å²) in [5.74, 6) is 0. The Morgan fingerprint density at radius 2 is 0.912 bits per heavy atom. The molecule has 4 aromatic carbocycles. The largest absolute Gasteiger partial charge is 1.00 e. The Balaban J connectivity index is 0.00000137. The number of hydrogen-bond acceptors (Lipinski definition) is 0. The van der Waals surface area contributed by atoms with Gasteiger partial charge in [-0.3, -0.25) is 0 Å². The van der Waals surface area contributed by atoms with Crippen molar-refractivity contribution in [2.45, 2.75) is 7.35 Å². The summed E-state index contributed by atoms with van der Waals surface area (Å²) >= 11 is -2.48.